The van der Waals surface area contributed by atoms with Crippen molar-refractivity contribution < 1.29 is 18.9 Å². The monoisotopic (exact) mass is 443 g/mol. The molecular formula is C25H23N4O4-. The molecule has 0 spiro atoms. The second kappa shape index (κ2) is 10.8. The highest BCUT2D eigenvalue weighted by molar-refractivity contribution is 5.88. The minimum absolute atomic E-state index is 0.290. The molecule has 2 aliphatic heterocycles. The van der Waals surface area contributed by atoms with Crippen molar-refractivity contribution in [2.75, 3.05) is 26.4 Å². The molecule has 2 heterocycles. The van der Waals surface area contributed by atoms with Crippen molar-refractivity contribution in [2.45, 2.75) is 6.92 Å². The van der Waals surface area contributed by atoms with E-state index >= 15 is 0 Å². The lowest BCUT2D eigenvalue weighted by atomic mass is 10.2. The molecule has 0 atom stereocenters. The third-order valence-corrected chi connectivity index (χ3v) is 4.58. The summed E-state index contributed by atoms with van der Waals surface area (Å²) >= 11 is 0. The van der Waals surface area contributed by atoms with Gasteiger partial charge >= 0.3 is 0 Å². The van der Waals surface area contributed by atoms with Gasteiger partial charge < -0.3 is 29.3 Å². The van der Waals surface area contributed by atoms with Crippen LogP contribution in [0.1, 0.15) is 6.92 Å². The van der Waals surface area contributed by atoms with Gasteiger partial charge in [-0.2, -0.15) is 9.98 Å². The van der Waals surface area contributed by atoms with E-state index in [0.717, 1.165) is 0 Å². The van der Waals surface area contributed by atoms with Gasteiger partial charge in [-0.25, -0.2) is 0 Å². The number of ether oxygens (including phenoxy) is 4. The summed E-state index contributed by atoms with van der Waals surface area (Å²) < 4.78 is 23.4. The number of para-hydroxylation sites is 2. The number of benzene rings is 2. The zero-order valence-electron chi connectivity index (χ0n) is 18.2. The molecule has 2 aromatic carbocycles. The van der Waals surface area contributed by atoms with E-state index in [1.165, 1.54) is 6.34 Å². The summed E-state index contributed by atoms with van der Waals surface area (Å²) in [4.78, 5) is 13.0. The first kappa shape index (κ1) is 21.9. The minimum atomic E-state index is 0.290. The number of nitrogens with zero attached hydrogens (tertiary/aromatic N) is 4. The molecule has 2 aromatic rings. The molecule has 0 aliphatic carbocycles. The number of allylic oxidation sites excluding steroid dienone is 3. The second-order valence-corrected chi connectivity index (χ2v) is 6.85. The van der Waals surface area contributed by atoms with Crippen molar-refractivity contribution in [3.63, 3.8) is 0 Å². The summed E-state index contributed by atoms with van der Waals surface area (Å²) in [6.07, 6.45) is 6.97. The largest absolute Gasteiger partial charge is 0.490 e. The van der Waals surface area contributed by atoms with Crippen molar-refractivity contribution in [1.29, 1.82) is 0 Å². The molecule has 0 fully saturated rings. The Morgan fingerprint density at radius 3 is 2.45 bits per heavy atom. The van der Waals surface area contributed by atoms with Crippen molar-refractivity contribution in [3.05, 3.63) is 78.0 Å². The number of rotatable bonds is 1. The van der Waals surface area contributed by atoms with Crippen LogP contribution in [-0.2, 0) is 4.74 Å². The fraction of sp³-hybridized carbons (Fsp3) is 0.200. The Labute approximate surface area is 192 Å². The molecule has 33 heavy (non-hydrogen) atoms. The molecule has 8 nitrogen and oxygen atoms in total. The number of hydrogen-bond acceptors (Lipinski definition) is 7. The third-order valence-electron chi connectivity index (χ3n) is 4.58. The molecule has 0 amide bonds. The highest BCUT2D eigenvalue weighted by atomic mass is 16.5. The van der Waals surface area contributed by atoms with Crippen molar-refractivity contribution in [2.24, 2.45) is 15.0 Å². The van der Waals surface area contributed by atoms with Gasteiger partial charge in [0.2, 0.25) is 0 Å². The third kappa shape index (κ3) is 5.70. The maximum absolute atomic E-state index is 5.92. The topological polar surface area (TPSA) is 88.1 Å². The van der Waals surface area contributed by atoms with Crippen LogP contribution < -0.4 is 14.2 Å². The highest BCUT2D eigenvalue weighted by Crippen LogP contribution is 2.41. The summed E-state index contributed by atoms with van der Waals surface area (Å²) in [7, 11) is 0. The summed E-state index contributed by atoms with van der Waals surface area (Å²) in [5.74, 6) is 2.21. The number of hydrogen-bond donors (Lipinski definition) is 0. The average molecular weight is 443 g/mol. The molecule has 0 saturated heterocycles. The van der Waals surface area contributed by atoms with Crippen molar-refractivity contribution in [1.82, 2.24) is 0 Å². The lowest BCUT2D eigenvalue weighted by molar-refractivity contribution is 0.161. The van der Waals surface area contributed by atoms with Crippen LogP contribution in [-0.4, -0.2) is 38.8 Å². The van der Waals surface area contributed by atoms with E-state index in [0.29, 0.717) is 72.2 Å². The maximum Gasteiger partial charge on any atom is 0.149 e. The summed E-state index contributed by atoms with van der Waals surface area (Å²) in [6.45, 7) is 7.11. The molecule has 0 radical (unpaired) electrons. The van der Waals surface area contributed by atoms with Gasteiger partial charge in [0, 0.05) is 17.4 Å². The molecule has 168 valence electrons. The van der Waals surface area contributed by atoms with Gasteiger partial charge in [0.1, 0.15) is 66.8 Å². The summed E-state index contributed by atoms with van der Waals surface area (Å²) in [5, 5.41) is 4.41. The normalized spacial score (nSPS) is 17.1. The van der Waals surface area contributed by atoms with E-state index in [4.69, 9.17) is 18.9 Å². The van der Waals surface area contributed by atoms with E-state index in [2.05, 4.69) is 32.9 Å². The van der Waals surface area contributed by atoms with Crippen LogP contribution in [0, 0.1) is 0 Å². The van der Waals surface area contributed by atoms with E-state index in [9.17, 15) is 0 Å². The van der Waals surface area contributed by atoms with Crippen molar-refractivity contribution >= 4 is 29.4 Å². The van der Waals surface area contributed by atoms with E-state index < -0.39 is 0 Å². The van der Waals surface area contributed by atoms with Gasteiger partial charge in [-0.1, -0.05) is 43.3 Å². The molecule has 0 unspecified atom stereocenters. The van der Waals surface area contributed by atoms with Crippen LogP contribution >= 0.6 is 0 Å². The van der Waals surface area contributed by atoms with Gasteiger partial charge in [0.15, 0.2) is 0 Å². The quantitative estimate of drug-likeness (QED) is 0.540. The molecule has 0 N–H and O–H groups in total. The Bertz CT molecular complexity index is 1180. The SMILES string of the molecule is C=C1N=C=Nc2cc3c(cc2OCCO/C1=C/C=C\C)OCCOc1ccccc1[N-]C=N3. The molecule has 0 bridgehead atoms. The predicted molar refractivity (Wildman–Crippen MR) is 128 cm³/mol. The van der Waals surface area contributed by atoms with Crippen LogP contribution in [0.2, 0.25) is 0 Å². The fourth-order valence-electron chi connectivity index (χ4n) is 3.01. The second-order valence-electron chi connectivity index (χ2n) is 6.85. The van der Waals surface area contributed by atoms with Crippen LogP contribution in [0.5, 0.6) is 17.2 Å². The zero-order valence-corrected chi connectivity index (χ0v) is 18.2. The Hall–Kier alpha value is -4.29. The van der Waals surface area contributed by atoms with Crippen LogP contribution in [0.25, 0.3) is 5.32 Å². The Balaban J connectivity index is 1.67. The van der Waals surface area contributed by atoms with Gasteiger partial charge in [-0.05, 0) is 25.1 Å². The first-order valence-electron chi connectivity index (χ1n) is 10.4. The van der Waals surface area contributed by atoms with E-state index in [1.807, 2.05) is 43.3 Å². The smallest absolute Gasteiger partial charge is 0.149 e. The lowest BCUT2D eigenvalue weighted by Gasteiger charge is -2.16. The molecule has 0 saturated carbocycles. The lowest BCUT2D eigenvalue weighted by Crippen LogP contribution is -2.10. The van der Waals surface area contributed by atoms with E-state index in [1.54, 1.807) is 18.2 Å². The number of aliphatic imine (C=N–C) groups is 3. The van der Waals surface area contributed by atoms with Gasteiger partial charge in [0.05, 0.1) is 0 Å². The maximum atomic E-state index is 5.92. The molecule has 8 heteroatoms. The first-order valence-corrected chi connectivity index (χ1v) is 10.4. The summed E-state index contributed by atoms with van der Waals surface area (Å²) in [5.41, 5.74) is 2.14. The minimum Gasteiger partial charge on any atom is -0.490 e. The average Bonchev–Trinajstić information content (AvgIpc) is 2.88. The molecule has 2 aliphatic rings. The predicted octanol–water partition coefficient (Wildman–Crippen LogP) is 6.01. The Kier molecular flexibility index (Phi) is 7.20. The Morgan fingerprint density at radius 1 is 0.909 bits per heavy atom. The first-order chi connectivity index (χ1) is 16.2. The standard InChI is InChI=1S/C25H23N4O4/c1-3-4-8-22-18(2)26-16-28-20-14-21-25(15-24(20)32-12-10-30-22)33-13-11-31-23-9-6-5-7-19(23)27-17-29-21/h3-9,14-15,17H,2,10-13H2,1H3/q-1/b4-3-,22-8+. The van der Waals surface area contributed by atoms with E-state index in [-0.39, 0.29) is 0 Å². The highest BCUT2D eigenvalue weighted by Gasteiger charge is 2.12. The van der Waals surface area contributed by atoms with Gasteiger partial charge in [-0.3, -0.25) is 0 Å². The van der Waals surface area contributed by atoms with Crippen LogP contribution in [0.4, 0.5) is 17.1 Å². The van der Waals surface area contributed by atoms with Crippen LogP contribution in [0.15, 0.2) is 87.6 Å². The zero-order chi connectivity index (χ0) is 22.9. The molecule has 0 aromatic heterocycles. The molecular weight excluding hydrogens is 420 g/mol. The molecule has 4 rings (SSSR count). The van der Waals surface area contributed by atoms with Crippen LogP contribution in [0.3, 0.4) is 0 Å². The fourth-order valence-corrected chi connectivity index (χ4v) is 3.01. The van der Waals surface area contributed by atoms with Gasteiger partial charge in [0.25, 0.3) is 0 Å². The Morgan fingerprint density at radius 2 is 1.64 bits per heavy atom. The number of fused-ring (bicyclic) bond motifs is 3. The van der Waals surface area contributed by atoms with Crippen molar-refractivity contribution in [3.8, 4) is 17.2 Å². The van der Waals surface area contributed by atoms with Gasteiger partial charge in [-0.15, -0.1) is 0 Å². The summed E-state index contributed by atoms with van der Waals surface area (Å²) in [6, 6.07) is 13.6.